The van der Waals surface area contributed by atoms with Gasteiger partial charge in [-0.3, -0.25) is 0 Å². The third kappa shape index (κ3) is 1.11. The van der Waals surface area contributed by atoms with Crippen molar-refractivity contribution in [1.82, 2.24) is 0 Å². The van der Waals surface area contributed by atoms with E-state index >= 15 is 0 Å². The normalized spacial score (nSPS) is 50.9. The van der Waals surface area contributed by atoms with Crippen LogP contribution < -0.4 is 0 Å². The van der Waals surface area contributed by atoms with Crippen LogP contribution in [-0.2, 0) is 0 Å². The van der Waals surface area contributed by atoms with Crippen LogP contribution in [0.15, 0.2) is 12.2 Å². The van der Waals surface area contributed by atoms with E-state index in [4.69, 9.17) is 0 Å². The van der Waals surface area contributed by atoms with E-state index in [2.05, 4.69) is 26.0 Å². The second-order valence-corrected chi connectivity index (χ2v) is 6.23. The second-order valence-electron chi connectivity index (χ2n) is 6.23. The SMILES string of the molecule is CC1(C)C[C@@H]2CC3CC=CC3[C@@H]2C1. The molecule has 2 saturated carbocycles. The van der Waals surface area contributed by atoms with Crippen molar-refractivity contribution in [2.45, 2.75) is 39.5 Å². The van der Waals surface area contributed by atoms with Gasteiger partial charge in [0.25, 0.3) is 0 Å². The first-order chi connectivity index (χ1) is 6.16. The van der Waals surface area contributed by atoms with Crippen LogP contribution >= 0.6 is 0 Å². The van der Waals surface area contributed by atoms with Crippen LogP contribution in [0.2, 0.25) is 0 Å². The summed E-state index contributed by atoms with van der Waals surface area (Å²) < 4.78 is 0. The molecule has 0 aliphatic heterocycles. The Morgan fingerprint density at radius 3 is 2.85 bits per heavy atom. The molecule has 0 amide bonds. The maximum absolute atomic E-state index is 2.52. The Morgan fingerprint density at radius 2 is 2.00 bits per heavy atom. The molecule has 0 aromatic carbocycles. The zero-order valence-electron chi connectivity index (χ0n) is 8.79. The van der Waals surface area contributed by atoms with Crippen LogP contribution in [0, 0.1) is 29.1 Å². The van der Waals surface area contributed by atoms with Gasteiger partial charge in [0, 0.05) is 0 Å². The predicted octanol–water partition coefficient (Wildman–Crippen LogP) is 3.63. The minimum atomic E-state index is 0.650. The first-order valence-electron chi connectivity index (χ1n) is 5.82. The highest BCUT2D eigenvalue weighted by atomic mass is 14.5. The van der Waals surface area contributed by atoms with Crippen LogP contribution in [0.5, 0.6) is 0 Å². The van der Waals surface area contributed by atoms with E-state index in [0.717, 1.165) is 23.7 Å². The second kappa shape index (κ2) is 2.40. The molecule has 0 saturated heterocycles. The summed E-state index contributed by atoms with van der Waals surface area (Å²) in [5.74, 6) is 4.16. The Kier molecular flexibility index (Phi) is 1.49. The molecule has 0 nitrogen and oxygen atoms in total. The molecule has 0 heterocycles. The third-order valence-electron chi connectivity index (χ3n) is 4.65. The number of allylic oxidation sites excluding steroid dienone is 2. The van der Waals surface area contributed by atoms with Crippen molar-refractivity contribution in [3.8, 4) is 0 Å². The Hall–Kier alpha value is -0.260. The van der Waals surface area contributed by atoms with Gasteiger partial charge in [0.2, 0.25) is 0 Å². The summed E-state index contributed by atoms with van der Waals surface area (Å²) >= 11 is 0. The number of fused-ring (bicyclic) bond motifs is 3. The fourth-order valence-electron chi connectivity index (χ4n) is 4.32. The van der Waals surface area contributed by atoms with Gasteiger partial charge in [0.15, 0.2) is 0 Å². The predicted molar refractivity (Wildman–Crippen MR) is 55.3 cm³/mol. The molecule has 4 atom stereocenters. The molecule has 3 aliphatic carbocycles. The molecule has 2 fully saturated rings. The molecule has 2 unspecified atom stereocenters. The van der Waals surface area contributed by atoms with Gasteiger partial charge in [0.05, 0.1) is 0 Å². The molecule has 3 aliphatic rings. The zero-order valence-corrected chi connectivity index (χ0v) is 8.79. The summed E-state index contributed by atoms with van der Waals surface area (Å²) in [6, 6.07) is 0. The standard InChI is InChI=1S/C13H20/c1-13(2)7-10-6-9-4-3-5-11(9)12(10)8-13/h3,5,9-12H,4,6-8H2,1-2H3/t9?,10-,11?,12+/m0/s1. The molecular weight excluding hydrogens is 156 g/mol. The van der Waals surface area contributed by atoms with Crippen molar-refractivity contribution in [1.29, 1.82) is 0 Å². The summed E-state index contributed by atoms with van der Waals surface area (Å²) in [5, 5.41) is 0. The van der Waals surface area contributed by atoms with Crippen LogP contribution in [0.4, 0.5) is 0 Å². The minimum Gasteiger partial charge on any atom is -0.0879 e. The Balaban J connectivity index is 1.84. The first kappa shape index (κ1) is 8.08. The average Bonchev–Trinajstić information content (AvgIpc) is 2.58. The highest BCUT2D eigenvalue weighted by molar-refractivity contribution is 5.12. The van der Waals surface area contributed by atoms with Gasteiger partial charge in [-0.15, -0.1) is 0 Å². The van der Waals surface area contributed by atoms with Gasteiger partial charge in [-0.25, -0.2) is 0 Å². The summed E-state index contributed by atoms with van der Waals surface area (Å²) in [7, 11) is 0. The summed E-state index contributed by atoms with van der Waals surface area (Å²) in [6.45, 7) is 4.91. The monoisotopic (exact) mass is 176 g/mol. The van der Waals surface area contributed by atoms with E-state index in [1.165, 1.54) is 25.7 Å². The first-order valence-corrected chi connectivity index (χ1v) is 5.82. The van der Waals surface area contributed by atoms with Gasteiger partial charge in [0.1, 0.15) is 0 Å². The summed E-state index contributed by atoms with van der Waals surface area (Å²) in [6.07, 6.45) is 10.9. The largest absolute Gasteiger partial charge is 0.0879 e. The van der Waals surface area contributed by atoms with Crippen molar-refractivity contribution in [2.24, 2.45) is 29.1 Å². The molecule has 0 heteroatoms. The lowest BCUT2D eigenvalue weighted by atomic mass is 9.84. The van der Waals surface area contributed by atoms with Crippen molar-refractivity contribution >= 4 is 0 Å². The Labute approximate surface area is 81.4 Å². The van der Waals surface area contributed by atoms with Crippen LogP contribution in [0.3, 0.4) is 0 Å². The van der Waals surface area contributed by atoms with Gasteiger partial charge in [-0.2, -0.15) is 0 Å². The molecule has 3 rings (SSSR count). The lowest BCUT2D eigenvalue weighted by Crippen LogP contribution is -2.12. The summed E-state index contributed by atoms with van der Waals surface area (Å²) in [4.78, 5) is 0. The maximum Gasteiger partial charge on any atom is -0.0171 e. The molecule has 0 spiro atoms. The van der Waals surface area contributed by atoms with Crippen LogP contribution in [0.25, 0.3) is 0 Å². The van der Waals surface area contributed by atoms with E-state index in [1.807, 2.05) is 0 Å². The lowest BCUT2D eigenvalue weighted by Gasteiger charge is -2.21. The van der Waals surface area contributed by atoms with E-state index in [0.29, 0.717) is 5.41 Å². The van der Waals surface area contributed by atoms with Crippen LogP contribution in [0.1, 0.15) is 39.5 Å². The highest BCUT2D eigenvalue weighted by Gasteiger charge is 2.50. The number of hydrogen-bond donors (Lipinski definition) is 0. The van der Waals surface area contributed by atoms with Crippen LogP contribution in [-0.4, -0.2) is 0 Å². The zero-order chi connectivity index (χ0) is 9.05. The minimum absolute atomic E-state index is 0.650. The Bertz CT molecular complexity index is 249. The van der Waals surface area contributed by atoms with E-state index in [1.54, 1.807) is 0 Å². The van der Waals surface area contributed by atoms with E-state index in [-0.39, 0.29) is 0 Å². The van der Waals surface area contributed by atoms with Crippen molar-refractivity contribution in [3.05, 3.63) is 12.2 Å². The van der Waals surface area contributed by atoms with Crippen molar-refractivity contribution in [2.75, 3.05) is 0 Å². The third-order valence-corrected chi connectivity index (χ3v) is 4.65. The molecule has 0 aromatic rings. The molecule has 0 N–H and O–H groups in total. The fourth-order valence-corrected chi connectivity index (χ4v) is 4.32. The Morgan fingerprint density at radius 1 is 1.15 bits per heavy atom. The number of hydrogen-bond acceptors (Lipinski definition) is 0. The average molecular weight is 176 g/mol. The van der Waals surface area contributed by atoms with Gasteiger partial charge in [-0.1, -0.05) is 26.0 Å². The molecule has 0 aromatic heterocycles. The molecule has 13 heavy (non-hydrogen) atoms. The highest BCUT2D eigenvalue weighted by Crippen LogP contribution is 2.59. The topological polar surface area (TPSA) is 0 Å². The lowest BCUT2D eigenvalue weighted by molar-refractivity contribution is 0.304. The quantitative estimate of drug-likeness (QED) is 0.494. The molecule has 0 radical (unpaired) electrons. The van der Waals surface area contributed by atoms with Crippen molar-refractivity contribution in [3.63, 3.8) is 0 Å². The maximum atomic E-state index is 2.52. The fraction of sp³-hybridized carbons (Fsp3) is 0.846. The molecule has 72 valence electrons. The van der Waals surface area contributed by atoms with E-state index in [9.17, 15) is 0 Å². The smallest absolute Gasteiger partial charge is 0.0171 e. The van der Waals surface area contributed by atoms with E-state index < -0.39 is 0 Å². The molecule has 0 bridgehead atoms. The van der Waals surface area contributed by atoms with Gasteiger partial charge >= 0.3 is 0 Å². The number of rotatable bonds is 0. The molecular formula is C13H20. The van der Waals surface area contributed by atoms with Gasteiger partial charge < -0.3 is 0 Å². The van der Waals surface area contributed by atoms with Gasteiger partial charge in [-0.05, 0) is 54.8 Å². The summed E-state index contributed by atoms with van der Waals surface area (Å²) in [5.41, 5.74) is 0.650. The van der Waals surface area contributed by atoms with Crippen molar-refractivity contribution < 1.29 is 0 Å².